The predicted molar refractivity (Wildman–Crippen MR) is 84.9 cm³/mol. The molecule has 0 amide bonds. The van der Waals surface area contributed by atoms with Gasteiger partial charge in [0.2, 0.25) is 0 Å². The van der Waals surface area contributed by atoms with E-state index >= 15 is 0 Å². The molecular weight excluding hydrogens is 276 g/mol. The monoisotopic (exact) mass is 292 g/mol. The van der Waals surface area contributed by atoms with Crippen LogP contribution in [0.15, 0.2) is 60.9 Å². The van der Waals surface area contributed by atoms with E-state index in [4.69, 9.17) is 5.11 Å². The molecule has 1 aromatic heterocycles. The molecule has 0 unspecified atom stereocenters. The molecule has 0 spiro atoms. The SMILES string of the molecule is Cc1cccc(Cn2cc(-c3ccc(C(=O)O)cc3)cn2)c1. The van der Waals surface area contributed by atoms with E-state index < -0.39 is 5.97 Å². The quantitative estimate of drug-likeness (QED) is 0.799. The largest absolute Gasteiger partial charge is 0.478 e. The van der Waals surface area contributed by atoms with Gasteiger partial charge in [0.15, 0.2) is 0 Å². The summed E-state index contributed by atoms with van der Waals surface area (Å²) in [6.07, 6.45) is 3.77. The first-order chi connectivity index (χ1) is 10.6. The average Bonchev–Trinajstić information content (AvgIpc) is 2.96. The van der Waals surface area contributed by atoms with Crippen molar-refractivity contribution in [2.45, 2.75) is 13.5 Å². The summed E-state index contributed by atoms with van der Waals surface area (Å²) < 4.78 is 1.88. The Bertz CT molecular complexity index is 804. The third-order valence-corrected chi connectivity index (χ3v) is 3.53. The second-order valence-electron chi connectivity index (χ2n) is 5.30. The Balaban J connectivity index is 1.80. The van der Waals surface area contributed by atoms with Crippen molar-refractivity contribution >= 4 is 5.97 Å². The zero-order chi connectivity index (χ0) is 15.5. The summed E-state index contributed by atoms with van der Waals surface area (Å²) in [6, 6.07) is 15.2. The molecule has 0 atom stereocenters. The molecule has 2 aromatic carbocycles. The minimum absolute atomic E-state index is 0.288. The summed E-state index contributed by atoms with van der Waals surface area (Å²) in [7, 11) is 0. The van der Waals surface area contributed by atoms with Crippen molar-refractivity contribution in [1.82, 2.24) is 9.78 Å². The molecule has 0 bridgehead atoms. The number of rotatable bonds is 4. The first-order valence-electron chi connectivity index (χ1n) is 7.03. The summed E-state index contributed by atoms with van der Waals surface area (Å²) >= 11 is 0. The van der Waals surface area contributed by atoms with E-state index in [1.54, 1.807) is 30.5 Å². The number of benzene rings is 2. The average molecular weight is 292 g/mol. The normalized spacial score (nSPS) is 10.6. The van der Waals surface area contributed by atoms with Crippen molar-refractivity contribution in [2.75, 3.05) is 0 Å². The molecule has 3 aromatic rings. The Kier molecular flexibility index (Phi) is 3.74. The fourth-order valence-corrected chi connectivity index (χ4v) is 2.40. The standard InChI is InChI=1S/C18H16N2O2/c1-13-3-2-4-14(9-13)11-20-12-17(10-19-20)15-5-7-16(8-6-15)18(21)22/h2-10,12H,11H2,1H3,(H,21,22). The van der Waals surface area contributed by atoms with Gasteiger partial charge in [0.25, 0.3) is 0 Å². The van der Waals surface area contributed by atoms with Crippen LogP contribution in [0.5, 0.6) is 0 Å². The smallest absolute Gasteiger partial charge is 0.335 e. The second kappa shape index (κ2) is 5.85. The minimum atomic E-state index is -0.915. The van der Waals surface area contributed by atoms with Crippen molar-refractivity contribution in [3.8, 4) is 11.1 Å². The molecule has 1 N–H and O–H groups in total. The molecule has 0 aliphatic heterocycles. The maximum absolute atomic E-state index is 10.9. The van der Waals surface area contributed by atoms with E-state index in [1.807, 2.05) is 16.9 Å². The maximum Gasteiger partial charge on any atom is 0.335 e. The molecule has 0 saturated carbocycles. The number of nitrogens with zero attached hydrogens (tertiary/aromatic N) is 2. The molecule has 1 heterocycles. The molecule has 3 rings (SSSR count). The highest BCUT2D eigenvalue weighted by molar-refractivity contribution is 5.88. The van der Waals surface area contributed by atoms with Gasteiger partial charge in [0.05, 0.1) is 18.3 Å². The molecule has 4 heteroatoms. The Morgan fingerprint density at radius 2 is 1.91 bits per heavy atom. The lowest BCUT2D eigenvalue weighted by Crippen LogP contribution is -1.99. The summed E-state index contributed by atoms with van der Waals surface area (Å²) in [5, 5.41) is 13.3. The first-order valence-corrected chi connectivity index (χ1v) is 7.03. The van der Waals surface area contributed by atoms with E-state index in [9.17, 15) is 4.79 Å². The van der Waals surface area contributed by atoms with Crippen LogP contribution in [-0.2, 0) is 6.54 Å². The zero-order valence-corrected chi connectivity index (χ0v) is 12.2. The maximum atomic E-state index is 10.9. The highest BCUT2D eigenvalue weighted by atomic mass is 16.4. The number of aryl methyl sites for hydroxylation is 1. The Hall–Kier alpha value is -2.88. The van der Waals surface area contributed by atoms with Crippen LogP contribution >= 0.6 is 0 Å². The molecule has 0 saturated heterocycles. The molecule has 110 valence electrons. The Morgan fingerprint density at radius 1 is 1.14 bits per heavy atom. The summed E-state index contributed by atoms with van der Waals surface area (Å²) in [6.45, 7) is 2.79. The van der Waals surface area contributed by atoms with Gasteiger partial charge in [-0.2, -0.15) is 5.10 Å². The molecule has 0 radical (unpaired) electrons. The van der Waals surface area contributed by atoms with E-state index in [1.165, 1.54) is 11.1 Å². The van der Waals surface area contributed by atoms with Gasteiger partial charge in [-0.3, -0.25) is 4.68 Å². The molecular formula is C18H16N2O2. The topological polar surface area (TPSA) is 55.1 Å². The number of aromatic nitrogens is 2. The first kappa shape index (κ1) is 14.1. The van der Waals surface area contributed by atoms with E-state index in [0.717, 1.165) is 17.7 Å². The summed E-state index contributed by atoms with van der Waals surface area (Å²) in [4.78, 5) is 10.9. The van der Waals surface area contributed by atoms with Crippen LogP contribution in [-0.4, -0.2) is 20.9 Å². The summed E-state index contributed by atoms with van der Waals surface area (Å²) in [5.74, 6) is -0.915. The van der Waals surface area contributed by atoms with Crippen LogP contribution < -0.4 is 0 Å². The van der Waals surface area contributed by atoms with E-state index in [2.05, 4.69) is 30.2 Å². The lowest BCUT2D eigenvalue weighted by atomic mass is 10.1. The van der Waals surface area contributed by atoms with Crippen molar-refractivity contribution in [2.24, 2.45) is 0 Å². The minimum Gasteiger partial charge on any atom is -0.478 e. The van der Waals surface area contributed by atoms with Crippen LogP contribution in [0.2, 0.25) is 0 Å². The van der Waals surface area contributed by atoms with Crippen LogP contribution in [0.1, 0.15) is 21.5 Å². The molecule has 22 heavy (non-hydrogen) atoms. The number of hydrogen-bond acceptors (Lipinski definition) is 2. The van der Waals surface area contributed by atoms with Crippen LogP contribution in [0.25, 0.3) is 11.1 Å². The third kappa shape index (κ3) is 3.06. The molecule has 0 fully saturated rings. The van der Waals surface area contributed by atoms with Gasteiger partial charge in [0, 0.05) is 11.8 Å². The van der Waals surface area contributed by atoms with Crippen LogP contribution in [0, 0.1) is 6.92 Å². The number of carbonyl (C=O) groups is 1. The van der Waals surface area contributed by atoms with Crippen molar-refractivity contribution in [3.05, 3.63) is 77.6 Å². The Labute approximate surface area is 128 Å². The van der Waals surface area contributed by atoms with Crippen LogP contribution in [0.3, 0.4) is 0 Å². The lowest BCUT2D eigenvalue weighted by Gasteiger charge is -2.03. The van der Waals surface area contributed by atoms with Crippen molar-refractivity contribution in [3.63, 3.8) is 0 Å². The van der Waals surface area contributed by atoms with E-state index in [0.29, 0.717) is 0 Å². The second-order valence-corrected chi connectivity index (χ2v) is 5.30. The Morgan fingerprint density at radius 3 is 2.59 bits per heavy atom. The number of carboxylic acid groups (broad SMARTS) is 1. The highest BCUT2D eigenvalue weighted by Crippen LogP contribution is 2.19. The summed E-state index contributed by atoms with van der Waals surface area (Å²) in [5.41, 5.74) is 4.66. The molecule has 0 aliphatic rings. The van der Waals surface area contributed by atoms with Gasteiger partial charge < -0.3 is 5.11 Å². The van der Waals surface area contributed by atoms with Gasteiger partial charge in [-0.25, -0.2) is 4.79 Å². The fraction of sp³-hybridized carbons (Fsp3) is 0.111. The number of carboxylic acids is 1. The lowest BCUT2D eigenvalue weighted by molar-refractivity contribution is 0.0697. The predicted octanol–water partition coefficient (Wildman–Crippen LogP) is 3.61. The van der Waals surface area contributed by atoms with Gasteiger partial charge in [0.1, 0.15) is 0 Å². The van der Waals surface area contributed by atoms with Gasteiger partial charge in [-0.1, -0.05) is 42.0 Å². The number of hydrogen-bond donors (Lipinski definition) is 1. The molecule has 0 aliphatic carbocycles. The molecule has 4 nitrogen and oxygen atoms in total. The van der Waals surface area contributed by atoms with Crippen LogP contribution in [0.4, 0.5) is 0 Å². The highest BCUT2D eigenvalue weighted by Gasteiger charge is 2.05. The fourth-order valence-electron chi connectivity index (χ4n) is 2.40. The van der Waals surface area contributed by atoms with Gasteiger partial charge >= 0.3 is 5.97 Å². The van der Waals surface area contributed by atoms with Crippen molar-refractivity contribution in [1.29, 1.82) is 0 Å². The van der Waals surface area contributed by atoms with Gasteiger partial charge in [-0.15, -0.1) is 0 Å². The van der Waals surface area contributed by atoms with Gasteiger partial charge in [-0.05, 0) is 30.2 Å². The number of aromatic carboxylic acids is 1. The zero-order valence-electron chi connectivity index (χ0n) is 12.2. The van der Waals surface area contributed by atoms with E-state index in [-0.39, 0.29) is 5.56 Å². The van der Waals surface area contributed by atoms with Crippen molar-refractivity contribution < 1.29 is 9.90 Å². The third-order valence-electron chi connectivity index (χ3n) is 3.53.